The van der Waals surface area contributed by atoms with Crippen LogP contribution in [0.4, 0.5) is 13.2 Å². The summed E-state index contributed by atoms with van der Waals surface area (Å²) in [4.78, 5) is 14.0. The van der Waals surface area contributed by atoms with Crippen molar-refractivity contribution in [3.05, 3.63) is 35.9 Å². The molecule has 0 bridgehead atoms. The molecule has 0 unspecified atom stereocenters. The summed E-state index contributed by atoms with van der Waals surface area (Å²) in [5, 5.41) is 8.78. The molecule has 0 aliphatic carbocycles. The van der Waals surface area contributed by atoms with Crippen molar-refractivity contribution >= 4 is 11.5 Å². The molecule has 0 amide bonds. The molecule has 1 N–H and O–H groups in total. The summed E-state index contributed by atoms with van der Waals surface area (Å²) in [6, 6.07) is 3.81. The van der Waals surface area contributed by atoms with E-state index < -0.39 is 23.7 Å². The molecule has 0 spiro atoms. The van der Waals surface area contributed by atoms with Crippen LogP contribution in [0.25, 0.3) is 5.52 Å². The number of hydrogen-bond acceptors (Lipinski definition) is 2. The first-order valence-electron chi connectivity index (χ1n) is 4.18. The molecule has 2 heterocycles. The lowest BCUT2D eigenvalue weighted by molar-refractivity contribution is -0.145. The molecule has 2 rings (SSSR count). The number of carbonyl (C=O) groups is 1. The molecule has 2 aromatic heterocycles. The molecule has 0 radical (unpaired) electrons. The van der Waals surface area contributed by atoms with Gasteiger partial charge < -0.3 is 5.11 Å². The summed E-state index contributed by atoms with van der Waals surface area (Å²) < 4.78 is 38.1. The SMILES string of the molecule is O=C(O)c1cccc2cnc(C(F)(F)F)n12. The molecule has 16 heavy (non-hydrogen) atoms. The van der Waals surface area contributed by atoms with Gasteiger partial charge in [0, 0.05) is 0 Å². The van der Waals surface area contributed by atoms with Crippen LogP contribution in [0.5, 0.6) is 0 Å². The predicted octanol–water partition coefficient (Wildman–Crippen LogP) is 2.05. The minimum atomic E-state index is -4.68. The molecule has 0 atom stereocenters. The molecule has 0 fully saturated rings. The number of pyridine rings is 1. The monoisotopic (exact) mass is 230 g/mol. The lowest BCUT2D eigenvalue weighted by Crippen LogP contribution is -2.15. The van der Waals surface area contributed by atoms with Crippen LogP contribution in [0.3, 0.4) is 0 Å². The van der Waals surface area contributed by atoms with Gasteiger partial charge in [0.1, 0.15) is 5.69 Å². The first-order chi connectivity index (χ1) is 7.41. The van der Waals surface area contributed by atoms with Crippen LogP contribution >= 0.6 is 0 Å². The zero-order chi connectivity index (χ0) is 11.9. The van der Waals surface area contributed by atoms with Gasteiger partial charge in [0.2, 0.25) is 5.82 Å². The third kappa shape index (κ3) is 1.50. The highest BCUT2D eigenvalue weighted by Crippen LogP contribution is 2.29. The number of carboxylic acid groups (broad SMARTS) is 1. The van der Waals surface area contributed by atoms with Gasteiger partial charge in [-0.2, -0.15) is 13.2 Å². The van der Waals surface area contributed by atoms with Gasteiger partial charge in [0.05, 0.1) is 11.7 Å². The Morgan fingerprint density at radius 3 is 2.62 bits per heavy atom. The van der Waals surface area contributed by atoms with E-state index in [1.165, 1.54) is 12.1 Å². The zero-order valence-electron chi connectivity index (χ0n) is 7.69. The normalized spacial score (nSPS) is 11.9. The number of alkyl halides is 3. The molecule has 0 saturated heterocycles. The fourth-order valence-corrected chi connectivity index (χ4v) is 1.42. The summed E-state index contributed by atoms with van der Waals surface area (Å²) in [5.41, 5.74) is -0.380. The van der Waals surface area contributed by atoms with Crippen LogP contribution in [0.2, 0.25) is 0 Å². The Morgan fingerprint density at radius 2 is 2.06 bits per heavy atom. The average molecular weight is 230 g/mol. The summed E-state index contributed by atoms with van der Waals surface area (Å²) in [6.07, 6.45) is -3.70. The van der Waals surface area contributed by atoms with Crippen LogP contribution in [0.1, 0.15) is 16.3 Å². The second kappa shape index (κ2) is 3.22. The quantitative estimate of drug-likeness (QED) is 0.815. The fraction of sp³-hybridized carbons (Fsp3) is 0.111. The number of halogens is 3. The van der Waals surface area contributed by atoms with E-state index in [1.54, 1.807) is 0 Å². The van der Waals surface area contributed by atoms with Crippen molar-refractivity contribution < 1.29 is 23.1 Å². The third-order valence-corrected chi connectivity index (χ3v) is 2.02. The molecule has 84 valence electrons. The Bertz CT molecular complexity index is 559. The van der Waals surface area contributed by atoms with E-state index in [-0.39, 0.29) is 5.52 Å². The van der Waals surface area contributed by atoms with Crippen molar-refractivity contribution in [2.75, 3.05) is 0 Å². The van der Waals surface area contributed by atoms with Gasteiger partial charge in [0.25, 0.3) is 0 Å². The van der Waals surface area contributed by atoms with Gasteiger partial charge >= 0.3 is 12.1 Å². The minimum Gasteiger partial charge on any atom is -0.477 e. The molecule has 4 nitrogen and oxygen atoms in total. The van der Waals surface area contributed by atoms with E-state index in [1.807, 2.05) is 0 Å². The van der Waals surface area contributed by atoms with E-state index >= 15 is 0 Å². The number of carboxylic acids is 1. The van der Waals surface area contributed by atoms with Crippen LogP contribution in [-0.2, 0) is 6.18 Å². The maximum absolute atomic E-state index is 12.5. The molecule has 0 aliphatic heterocycles. The van der Waals surface area contributed by atoms with E-state index in [0.717, 1.165) is 12.3 Å². The average Bonchev–Trinajstić information content (AvgIpc) is 2.59. The Balaban J connectivity index is 2.83. The Kier molecular flexibility index (Phi) is 2.11. The van der Waals surface area contributed by atoms with Crippen LogP contribution in [0, 0.1) is 0 Å². The first kappa shape index (κ1) is 10.5. The number of aromatic nitrogens is 2. The standard InChI is InChI=1S/C9H5F3N2O2/c10-9(11,12)8-13-4-5-2-1-3-6(7(15)16)14(5)8/h1-4H,(H,15,16). The smallest absolute Gasteiger partial charge is 0.450 e. The Morgan fingerprint density at radius 1 is 1.38 bits per heavy atom. The summed E-state index contributed by atoms with van der Waals surface area (Å²) in [6.45, 7) is 0. The number of aromatic carboxylic acids is 1. The van der Waals surface area contributed by atoms with Gasteiger partial charge in [-0.3, -0.25) is 4.40 Å². The maximum Gasteiger partial charge on any atom is 0.450 e. The van der Waals surface area contributed by atoms with Gasteiger partial charge in [0.15, 0.2) is 0 Å². The van der Waals surface area contributed by atoms with Crippen molar-refractivity contribution in [3.63, 3.8) is 0 Å². The van der Waals surface area contributed by atoms with Crippen molar-refractivity contribution in [2.45, 2.75) is 6.18 Å². The molecule has 0 saturated carbocycles. The van der Waals surface area contributed by atoms with Gasteiger partial charge in [-0.25, -0.2) is 9.78 Å². The topological polar surface area (TPSA) is 54.6 Å². The lowest BCUT2D eigenvalue weighted by atomic mass is 10.3. The number of fused-ring (bicyclic) bond motifs is 1. The van der Waals surface area contributed by atoms with E-state index in [4.69, 9.17) is 5.11 Å². The third-order valence-electron chi connectivity index (χ3n) is 2.02. The van der Waals surface area contributed by atoms with E-state index in [0.29, 0.717) is 4.40 Å². The highest BCUT2D eigenvalue weighted by Gasteiger charge is 2.37. The predicted molar refractivity (Wildman–Crippen MR) is 47.2 cm³/mol. The van der Waals surface area contributed by atoms with Crippen LogP contribution in [-0.4, -0.2) is 20.5 Å². The van der Waals surface area contributed by atoms with Crippen molar-refractivity contribution in [1.29, 1.82) is 0 Å². The molecular weight excluding hydrogens is 225 g/mol. The number of nitrogens with zero attached hydrogens (tertiary/aromatic N) is 2. The highest BCUT2D eigenvalue weighted by molar-refractivity contribution is 5.86. The first-order valence-corrected chi connectivity index (χ1v) is 4.18. The summed E-state index contributed by atoms with van der Waals surface area (Å²) in [7, 11) is 0. The Labute approximate surface area is 87.0 Å². The molecule has 0 aromatic carbocycles. The highest BCUT2D eigenvalue weighted by atomic mass is 19.4. The van der Waals surface area contributed by atoms with E-state index in [2.05, 4.69) is 4.98 Å². The largest absolute Gasteiger partial charge is 0.477 e. The molecule has 0 aliphatic rings. The van der Waals surface area contributed by atoms with Crippen molar-refractivity contribution in [3.8, 4) is 0 Å². The zero-order valence-corrected chi connectivity index (χ0v) is 7.69. The Hall–Kier alpha value is -2.05. The second-order valence-corrected chi connectivity index (χ2v) is 3.06. The van der Waals surface area contributed by atoms with Crippen LogP contribution < -0.4 is 0 Å². The second-order valence-electron chi connectivity index (χ2n) is 3.06. The maximum atomic E-state index is 12.5. The lowest BCUT2D eigenvalue weighted by Gasteiger charge is -2.07. The molecule has 7 heteroatoms. The van der Waals surface area contributed by atoms with Crippen molar-refractivity contribution in [2.24, 2.45) is 0 Å². The fourth-order valence-electron chi connectivity index (χ4n) is 1.42. The van der Waals surface area contributed by atoms with Crippen LogP contribution in [0.15, 0.2) is 24.4 Å². The van der Waals surface area contributed by atoms with Gasteiger partial charge in [-0.15, -0.1) is 0 Å². The minimum absolute atomic E-state index is 0.0900. The summed E-state index contributed by atoms with van der Waals surface area (Å²) in [5.74, 6) is -2.67. The number of hydrogen-bond donors (Lipinski definition) is 1. The molecule has 2 aromatic rings. The van der Waals surface area contributed by atoms with Gasteiger partial charge in [-0.05, 0) is 12.1 Å². The molecular formula is C9H5F3N2O2. The number of rotatable bonds is 1. The van der Waals surface area contributed by atoms with Crippen molar-refractivity contribution in [1.82, 2.24) is 9.38 Å². The van der Waals surface area contributed by atoms with Gasteiger partial charge in [-0.1, -0.05) is 6.07 Å². The number of imidazole rings is 1. The summed E-state index contributed by atoms with van der Waals surface area (Å²) >= 11 is 0. The van der Waals surface area contributed by atoms with E-state index in [9.17, 15) is 18.0 Å².